The van der Waals surface area contributed by atoms with E-state index in [0.717, 1.165) is 6.42 Å². The number of likely N-dealkylation sites (tertiary alicyclic amines) is 1. The van der Waals surface area contributed by atoms with Crippen LogP contribution in [0.25, 0.3) is 11.4 Å². The fourth-order valence-electron chi connectivity index (χ4n) is 2.74. The Kier molecular flexibility index (Phi) is 4.92. The molecule has 25 heavy (non-hydrogen) atoms. The predicted molar refractivity (Wildman–Crippen MR) is 85.4 cm³/mol. The summed E-state index contributed by atoms with van der Waals surface area (Å²) < 4.78 is 18.7. The molecule has 1 aromatic heterocycles. The van der Waals surface area contributed by atoms with Gasteiger partial charge in [0.05, 0.1) is 18.0 Å². The number of nitrogens with two attached hydrogens (primary N) is 1. The normalized spacial score (nSPS) is 17.3. The summed E-state index contributed by atoms with van der Waals surface area (Å²) in [4.78, 5) is 29.1. The van der Waals surface area contributed by atoms with Gasteiger partial charge >= 0.3 is 6.03 Å². The smallest absolute Gasteiger partial charge is 0.317 e. The maximum Gasteiger partial charge on any atom is 0.317 e. The number of benzene rings is 1. The predicted octanol–water partition coefficient (Wildman–Crippen LogP) is 1.28. The lowest BCUT2D eigenvalue weighted by Gasteiger charge is -2.31. The number of halogens is 1. The van der Waals surface area contributed by atoms with Gasteiger partial charge < -0.3 is 20.5 Å². The van der Waals surface area contributed by atoms with Crippen LogP contribution in [0.1, 0.15) is 18.7 Å². The Morgan fingerprint density at radius 2 is 2.20 bits per heavy atom. The highest BCUT2D eigenvalue weighted by atomic mass is 19.1. The van der Waals surface area contributed by atoms with Crippen LogP contribution >= 0.6 is 0 Å². The Labute approximate surface area is 143 Å². The van der Waals surface area contributed by atoms with Crippen LogP contribution < -0.4 is 11.1 Å². The minimum Gasteiger partial charge on any atom is -0.369 e. The van der Waals surface area contributed by atoms with Crippen molar-refractivity contribution >= 4 is 11.9 Å². The lowest BCUT2D eigenvalue weighted by Crippen LogP contribution is -2.47. The van der Waals surface area contributed by atoms with Crippen LogP contribution in [-0.4, -0.2) is 40.1 Å². The molecular weight excluding hydrogens is 329 g/mol. The highest BCUT2D eigenvalue weighted by Gasteiger charge is 2.27. The second-order valence-corrected chi connectivity index (χ2v) is 5.84. The number of piperidine rings is 1. The van der Waals surface area contributed by atoms with Crippen molar-refractivity contribution in [2.24, 2.45) is 11.7 Å². The van der Waals surface area contributed by atoms with E-state index in [9.17, 15) is 14.0 Å². The van der Waals surface area contributed by atoms with E-state index in [1.54, 1.807) is 18.2 Å². The topological polar surface area (TPSA) is 114 Å². The molecule has 0 spiro atoms. The van der Waals surface area contributed by atoms with E-state index in [1.807, 2.05) is 0 Å². The number of rotatable bonds is 4. The van der Waals surface area contributed by atoms with Gasteiger partial charge in [-0.3, -0.25) is 4.79 Å². The maximum absolute atomic E-state index is 13.7. The Bertz CT molecular complexity index is 779. The quantitative estimate of drug-likeness (QED) is 0.865. The number of aromatic nitrogens is 2. The highest BCUT2D eigenvalue weighted by Crippen LogP contribution is 2.19. The highest BCUT2D eigenvalue weighted by molar-refractivity contribution is 5.79. The molecule has 9 heteroatoms. The number of urea groups is 1. The molecule has 0 saturated carbocycles. The second kappa shape index (κ2) is 7.29. The molecule has 132 valence electrons. The fraction of sp³-hybridized carbons (Fsp3) is 0.375. The molecule has 2 heterocycles. The molecule has 1 aliphatic rings. The van der Waals surface area contributed by atoms with Gasteiger partial charge in [-0.05, 0) is 25.0 Å². The first-order chi connectivity index (χ1) is 12.0. The Morgan fingerprint density at radius 3 is 2.96 bits per heavy atom. The Balaban J connectivity index is 1.58. The first-order valence-electron chi connectivity index (χ1n) is 7.94. The number of amides is 3. The molecule has 0 bridgehead atoms. The summed E-state index contributed by atoms with van der Waals surface area (Å²) in [5.74, 6) is -0.895. The summed E-state index contributed by atoms with van der Waals surface area (Å²) >= 11 is 0. The zero-order valence-corrected chi connectivity index (χ0v) is 13.4. The van der Waals surface area contributed by atoms with Gasteiger partial charge in [0, 0.05) is 13.1 Å². The van der Waals surface area contributed by atoms with Gasteiger partial charge in [-0.2, -0.15) is 4.98 Å². The van der Waals surface area contributed by atoms with Crippen molar-refractivity contribution in [1.82, 2.24) is 20.4 Å². The monoisotopic (exact) mass is 347 g/mol. The summed E-state index contributed by atoms with van der Waals surface area (Å²) in [6.45, 7) is 0.865. The number of nitrogens with one attached hydrogen (secondary N) is 1. The fourth-order valence-corrected chi connectivity index (χ4v) is 2.74. The minimum atomic E-state index is -0.454. The number of hydrogen-bond donors (Lipinski definition) is 2. The molecule has 1 saturated heterocycles. The standard InChI is InChI=1S/C16H18FN5O3/c17-12-6-2-1-5-11(12)15-20-13(25-21-15)8-19-16(24)22-7-3-4-10(9-22)14(18)23/h1-2,5-6,10H,3-4,7-9H2,(H2,18,23)(H,19,24). The van der Waals surface area contributed by atoms with E-state index >= 15 is 0 Å². The molecular formula is C16H18FN5O3. The van der Waals surface area contributed by atoms with E-state index in [2.05, 4.69) is 15.5 Å². The second-order valence-electron chi connectivity index (χ2n) is 5.84. The van der Waals surface area contributed by atoms with Crippen LogP contribution in [0.3, 0.4) is 0 Å². The van der Waals surface area contributed by atoms with Gasteiger partial charge in [0.1, 0.15) is 5.82 Å². The lowest BCUT2D eigenvalue weighted by molar-refractivity contribution is -0.123. The van der Waals surface area contributed by atoms with Crippen LogP contribution in [0.4, 0.5) is 9.18 Å². The van der Waals surface area contributed by atoms with Gasteiger partial charge in [-0.15, -0.1) is 0 Å². The third-order valence-electron chi connectivity index (χ3n) is 4.08. The lowest BCUT2D eigenvalue weighted by atomic mass is 9.98. The van der Waals surface area contributed by atoms with E-state index in [4.69, 9.17) is 10.3 Å². The number of nitrogens with zero attached hydrogens (tertiary/aromatic N) is 3. The van der Waals surface area contributed by atoms with Crippen molar-refractivity contribution < 1.29 is 18.5 Å². The molecule has 3 N–H and O–H groups in total. The zero-order valence-electron chi connectivity index (χ0n) is 13.4. The number of primary amides is 1. The molecule has 0 radical (unpaired) electrons. The molecule has 8 nitrogen and oxygen atoms in total. The van der Waals surface area contributed by atoms with Crippen LogP contribution in [0, 0.1) is 11.7 Å². The van der Waals surface area contributed by atoms with Crippen LogP contribution in [0.15, 0.2) is 28.8 Å². The molecule has 0 aliphatic carbocycles. The van der Waals surface area contributed by atoms with E-state index < -0.39 is 11.7 Å². The van der Waals surface area contributed by atoms with Crippen molar-refractivity contribution in [3.8, 4) is 11.4 Å². The van der Waals surface area contributed by atoms with Gasteiger partial charge in [-0.25, -0.2) is 9.18 Å². The Morgan fingerprint density at radius 1 is 1.40 bits per heavy atom. The number of carbonyl (C=O) groups excluding carboxylic acids is 2. The summed E-state index contributed by atoms with van der Waals surface area (Å²) in [7, 11) is 0. The van der Waals surface area contributed by atoms with E-state index in [-0.39, 0.29) is 35.8 Å². The summed E-state index contributed by atoms with van der Waals surface area (Å²) in [6.07, 6.45) is 1.41. The third kappa shape index (κ3) is 3.93. The van der Waals surface area contributed by atoms with Gasteiger partial charge in [0.15, 0.2) is 0 Å². The van der Waals surface area contributed by atoms with Crippen molar-refractivity contribution in [3.05, 3.63) is 36.0 Å². The van der Waals surface area contributed by atoms with Crippen LogP contribution in [0.2, 0.25) is 0 Å². The molecule has 2 aromatic rings. The van der Waals surface area contributed by atoms with Crippen LogP contribution in [-0.2, 0) is 11.3 Å². The first-order valence-corrected chi connectivity index (χ1v) is 7.94. The van der Waals surface area contributed by atoms with Crippen molar-refractivity contribution in [2.45, 2.75) is 19.4 Å². The summed E-state index contributed by atoms with van der Waals surface area (Å²) in [6, 6.07) is 5.75. The average molecular weight is 347 g/mol. The van der Waals surface area contributed by atoms with Crippen molar-refractivity contribution in [3.63, 3.8) is 0 Å². The molecule has 1 fully saturated rings. The number of carbonyl (C=O) groups is 2. The van der Waals surface area contributed by atoms with Gasteiger partial charge in [0.25, 0.3) is 0 Å². The number of hydrogen-bond acceptors (Lipinski definition) is 5. The van der Waals surface area contributed by atoms with Crippen molar-refractivity contribution in [2.75, 3.05) is 13.1 Å². The maximum atomic E-state index is 13.7. The third-order valence-corrected chi connectivity index (χ3v) is 4.08. The SMILES string of the molecule is NC(=O)C1CCCN(C(=O)NCc2nc(-c3ccccc3F)no2)C1. The van der Waals surface area contributed by atoms with Crippen LogP contribution in [0.5, 0.6) is 0 Å². The van der Waals surface area contributed by atoms with E-state index in [1.165, 1.54) is 11.0 Å². The van der Waals surface area contributed by atoms with Gasteiger partial charge in [-0.1, -0.05) is 17.3 Å². The zero-order chi connectivity index (χ0) is 17.8. The first kappa shape index (κ1) is 16.9. The molecule has 1 atom stereocenters. The molecule has 1 aromatic carbocycles. The van der Waals surface area contributed by atoms with E-state index in [0.29, 0.717) is 19.5 Å². The summed E-state index contributed by atoms with van der Waals surface area (Å²) in [5, 5.41) is 6.37. The van der Waals surface area contributed by atoms with Crippen molar-refractivity contribution in [1.29, 1.82) is 0 Å². The molecule has 1 aliphatic heterocycles. The Hall–Kier alpha value is -2.97. The molecule has 3 amide bonds. The average Bonchev–Trinajstić information content (AvgIpc) is 3.09. The van der Waals surface area contributed by atoms with Gasteiger partial charge in [0.2, 0.25) is 17.6 Å². The molecule has 3 rings (SSSR count). The molecule has 1 unspecified atom stereocenters. The largest absolute Gasteiger partial charge is 0.369 e. The minimum absolute atomic E-state index is 0.0119. The summed E-state index contributed by atoms with van der Waals surface area (Å²) in [5.41, 5.74) is 5.53.